The van der Waals surface area contributed by atoms with Gasteiger partial charge in [0.25, 0.3) is 5.91 Å². The van der Waals surface area contributed by atoms with E-state index in [2.05, 4.69) is 27.8 Å². The van der Waals surface area contributed by atoms with E-state index >= 15 is 0 Å². The summed E-state index contributed by atoms with van der Waals surface area (Å²) in [5.41, 5.74) is 2.95. The fourth-order valence-electron chi connectivity index (χ4n) is 2.58. The van der Waals surface area contributed by atoms with Crippen LogP contribution in [0.4, 0.5) is 5.69 Å². The molecule has 8 nitrogen and oxygen atoms in total. The van der Waals surface area contributed by atoms with E-state index in [1.54, 1.807) is 24.3 Å². The summed E-state index contributed by atoms with van der Waals surface area (Å²) < 4.78 is 6.54. The summed E-state index contributed by atoms with van der Waals surface area (Å²) in [6.45, 7) is 1.80. The third-order valence-corrected chi connectivity index (χ3v) is 4.11. The number of aromatic nitrogens is 4. The van der Waals surface area contributed by atoms with Gasteiger partial charge in [0.05, 0.1) is 11.3 Å². The highest BCUT2D eigenvalue weighted by Gasteiger charge is 2.11. The van der Waals surface area contributed by atoms with E-state index in [1.165, 1.54) is 16.6 Å². The van der Waals surface area contributed by atoms with Crippen LogP contribution >= 0.6 is 0 Å². The Labute approximate surface area is 162 Å². The van der Waals surface area contributed by atoms with Gasteiger partial charge in [-0.05, 0) is 65.2 Å². The number of carbonyl (C=O) groups is 2. The number of amides is 1. The van der Waals surface area contributed by atoms with Crippen molar-refractivity contribution in [2.45, 2.75) is 26.2 Å². The molecule has 0 spiro atoms. The summed E-state index contributed by atoms with van der Waals surface area (Å²) in [4.78, 5) is 24.1. The van der Waals surface area contributed by atoms with Crippen LogP contribution in [0.3, 0.4) is 0 Å². The largest absolute Gasteiger partial charge is 0.452 e. The first kappa shape index (κ1) is 19.2. The van der Waals surface area contributed by atoms with Gasteiger partial charge in [0.2, 0.25) is 0 Å². The lowest BCUT2D eigenvalue weighted by Crippen LogP contribution is -2.20. The van der Waals surface area contributed by atoms with Gasteiger partial charge in [0.15, 0.2) is 6.61 Å². The van der Waals surface area contributed by atoms with Crippen molar-refractivity contribution in [3.63, 3.8) is 0 Å². The molecule has 1 heterocycles. The van der Waals surface area contributed by atoms with Crippen LogP contribution in [0.15, 0.2) is 54.9 Å². The number of anilines is 1. The van der Waals surface area contributed by atoms with E-state index in [9.17, 15) is 9.59 Å². The average Bonchev–Trinajstić information content (AvgIpc) is 3.26. The minimum absolute atomic E-state index is 0.338. The third kappa shape index (κ3) is 5.23. The van der Waals surface area contributed by atoms with Gasteiger partial charge in [0.1, 0.15) is 6.33 Å². The lowest BCUT2D eigenvalue weighted by molar-refractivity contribution is -0.119. The van der Waals surface area contributed by atoms with Crippen molar-refractivity contribution in [1.29, 1.82) is 0 Å². The van der Waals surface area contributed by atoms with Gasteiger partial charge in [-0.25, -0.2) is 9.48 Å². The van der Waals surface area contributed by atoms with E-state index in [4.69, 9.17) is 4.74 Å². The summed E-state index contributed by atoms with van der Waals surface area (Å²) in [5, 5.41) is 13.6. The Morgan fingerprint density at radius 1 is 1.07 bits per heavy atom. The normalized spacial score (nSPS) is 10.5. The summed E-state index contributed by atoms with van der Waals surface area (Å²) in [5.74, 6) is -0.965. The Morgan fingerprint density at radius 2 is 1.82 bits per heavy atom. The first-order chi connectivity index (χ1) is 13.7. The fraction of sp³-hybridized carbons (Fsp3) is 0.250. The Hall–Kier alpha value is -3.55. The molecule has 1 aromatic heterocycles. The molecular weight excluding hydrogens is 358 g/mol. The van der Waals surface area contributed by atoms with Gasteiger partial charge in [-0.3, -0.25) is 4.79 Å². The second-order valence-corrected chi connectivity index (χ2v) is 6.23. The Balaban J connectivity index is 1.48. The number of ether oxygens (including phenoxy) is 1. The molecular formula is C20H21N5O3. The van der Waals surface area contributed by atoms with Gasteiger partial charge in [-0.1, -0.05) is 25.5 Å². The molecule has 1 N–H and O–H groups in total. The second kappa shape index (κ2) is 9.40. The number of hydrogen-bond acceptors (Lipinski definition) is 6. The zero-order valence-electron chi connectivity index (χ0n) is 15.5. The third-order valence-electron chi connectivity index (χ3n) is 4.11. The maximum absolute atomic E-state index is 12.1. The molecule has 0 atom stereocenters. The van der Waals surface area contributed by atoms with Crippen LogP contribution in [0.5, 0.6) is 0 Å². The SMILES string of the molecule is CCCCc1ccc(NC(=O)COC(=O)c2ccc(-n3cnnn3)cc2)cc1. The van der Waals surface area contributed by atoms with Crippen molar-refractivity contribution in [1.82, 2.24) is 20.2 Å². The highest BCUT2D eigenvalue weighted by atomic mass is 16.5. The van der Waals surface area contributed by atoms with Crippen LogP contribution in [0.2, 0.25) is 0 Å². The molecule has 0 unspecified atom stereocenters. The maximum Gasteiger partial charge on any atom is 0.338 e. The molecule has 0 saturated heterocycles. The molecule has 28 heavy (non-hydrogen) atoms. The monoisotopic (exact) mass is 379 g/mol. The van der Waals surface area contributed by atoms with E-state index in [0.29, 0.717) is 16.9 Å². The first-order valence-electron chi connectivity index (χ1n) is 9.05. The van der Waals surface area contributed by atoms with Gasteiger partial charge < -0.3 is 10.1 Å². The van der Waals surface area contributed by atoms with Crippen LogP contribution in [0.1, 0.15) is 35.7 Å². The number of unbranched alkanes of at least 4 members (excludes halogenated alkanes) is 1. The smallest absolute Gasteiger partial charge is 0.338 e. The first-order valence-corrected chi connectivity index (χ1v) is 9.05. The number of nitrogens with one attached hydrogen (secondary N) is 1. The lowest BCUT2D eigenvalue weighted by atomic mass is 10.1. The number of esters is 1. The fourth-order valence-corrected chi connectivity index (χ4v) is 2.58. The molecule has 3 aromatic rings. The number of nitrogens with zero attached hydrogens (tertiary/aromatic N) is 4. The van der Waals surface area contributed by atoms with Crippen LogP contribution in [-0.4, -0.2) is 38.7 Å². The molecule has 0 bridgehead atoms. The van der Waals surface area contributed by atoms with Gasteiger partial charge in [-0.2, -0.15) is 0 Å². The molecule has 0 aliphatic rings. The minimum Gasteiger partial charge on any atom is -0.452 e. The summed E-state index contributed by atoms with van der Waals surface area (Å²) >= 11 is 0. The highest BCUT2D eigenvalue weighted by Crippen LogP contribution is 2.12. The van der Waals surface area contributed by atoms with Crippen LogP contribution in [-0.2, 0) is 16.0 Å². The zero-order valence-corrected chi connectivity index (χ0v) is 15.5. The summed E-state index contributed by atoms with van der Waals surface area (Å²) in [7, 11) is 0. The van der Waals surface area contributed by atoms with E-state index in [-0.39, 0.29) is 12.5 Å². The Kier molecular flexibility index (Phi) is 6.46. The molecule has 3 rings (SSSR count). The second-order valence-electron chi connectivity index (χ2n) is 6.23. The van der Waals surface area contributed by atoms with E-state index in [0.717, 1.165) is 19.3 Å². The van der Waals surface area contributed by atoms with Crippen molar-refractivity contribution in [2.75, 3.05) is 11.9 Å². The number of rotatable bonds is 8. The quantitative estimate of drug-likeness (QED) is 0.604. The van der Waals surface area contributed by atoms with Crippen LogP contribution in [0.25, 0.3) is 5.69 Å². The summed E-state index contributed by atoms with van der Waals surface area (Å²) in [6, 6.07) is 14.2. The van der Waals surface area contributed by atoms with Gasteiger partial charge in [-0.15, -0.1) is 5.10 Å². The van der Waals surface area contributed by atoms with Crippen LogP contribution < -0.4 is 5.32 Å². The zero-order chi connectivity index (χ0) is 19.8. The number of hydrogen-bond donors (Lipinski definition) is 1. The van der Waals surface area contributed by atoms with Gasteiger partial charge in [0, 0.05) is 5.69 Å². The van der Waals surface area contributed by atoms with Crippen molar-refractivity contribution >= 4 is 17.6 Å². The standard InChI is InChI=1S/C20H21N5O3/c1-2-3-4-15-5-9-17(10-6-15)22-19(26)13-28-20(27)16-7-11-18(12-8-16)25-14-21-23-24-25/h5-12,14H,2-4,13H2,1H3,(H,22,26). The van der Waals surface area contributed by atoms with Crippen molar-refractivity contribution < 1.29 is 14.3 Å². The number of carbonyl (C=O) groups excluding carboxylic acids is 2. The maximum atomic E-state index is 12.1. The topological polar surface area (TPSA) is 99.0 Å². The average molecular weight is 379 g/mol. The number of aryl methyl sites for hydroxylation is 1. The molecule has 1 amide bonds. The van der Waals surface area contributed by atoms with Crippen molar-refractivity contribution in [2.24, 2.45) is 0 Å². The minimum atomic E-state index is -0.576. The van der Waals surface area contributed by atoms with E-state index in [1.807, 2.05) is 24.3 Å². The molecule has 0 saturated carbocycles. The number of benzene rings is 2. The van der Waals surface area contributed by atoms with Crippen molar-refractivity contribution in [3.05, 3.63) is 66.0 Å². The molecule has 0 radical (unpaired) electrons. The Bertz CT molecular complexity index is 906. The molecule has 8 heteroatoms. The molecule has 2 aromatic carbocycles. The molecule has 0 aliphatic heterocycles. The lowest BCUT2D eigenvalue weighted by Gasteiger charge is -2.08. The molecule has 0 fully saturated rings. The van der Waals surface area contributed by atoms with Crippen molar-refractivity contribution in [3.8, 4) is 5.69 Å². The summed E-state index contributed by atoms with van der Waals surface area (Å²) in [6.07, 6.45) is 4.76. The van der Waals surface area contributed by atoms with Crippen LogP contribution in [0, 0.1) is 0 Å². The van der Waals surface area contributed by atoms with E-state index < -0.39 is 5.97 Å². The predicted octanol–water partition coefficient (Wildman–Crippen LogP) is 2.80. The molecule has 144 valence electrons. The predicted molar refractivity (Wildman–Crippen MR) is 103 cm³/mol. The number of tetrazole rings is 1. The highest BCUT2D eigenvalue weighted by molar-refractivity contribution is 5.95. The Morgan fingerprint density at radius 3 is 2.46 bits per heavy atom. The molecule has 0 aliphatic carbocycles. The van der Waals surface area contributed by atoms with Gasteiger partial charge >= 0.3 is 5.97 Å².